The molecule has 0 bridgehead atoms. The fraction of sp³-hybridized carbons (Fsp3) is 0.548. The molecule has 1 aliphatic rings. The standard InChI is InChI=1S/C31H40ClNO2/c1-4-5-6-7-8-19-31(22-33)20-17-27(18-21-31)25-11-9-24(10-12-25)26-13-15-28(16-14-26)35-30(34)29(32)23(2)3/h9-16,23,27,29H,4-8,17-21H2,1-3H3. The van der Waals surface area contributed by atoms with E-state index in [0.29, 0.717) is 11.7 Å². The molecule has 35 heavy (non-hydrogen) atoms. The van der Waals surface area contributed by atoms with Crippen LogP contribution in [0.1, 0.15) is 96.5 Å². The number of rotatable bonds is 11. The molecule has 188 valence electrons. The molecule has 1 atom stereocenters. The fourth-order valence-corrected chi connectivity index (χ4v) is 5.14. The zero-order valence-electron chi connectivity index (χ0n) is 21.6. The zero-order valence-corrected chi connectivity index (χ0v) is 22.3. The van der Waals surface area contributed by atoms with Gasteiger partial charge in [0.05, 0.1) is 11.5 Å². The summed E-state index contributed by atoms with van der Waals surface area (Å²) in [5.74, 6) is 0.660. The highest BCUT2D eigenvalue weighted by Gasteiger charge is 2.35. The molecular weight excluding hydrogens is 454 g/mol. The molecule has 0 saturated heterocycles. The number of hydrogen-bond donors (Lipinski definition) is 0. The average molecular weight is 494 g/mol. The molecule has 1 saturated carbocycles. The van der Waals surface area contributed by atoms with Gasteiger partial charge in [-0.3, -0.25) is 4.79 Å². The molecular formula is C31H40ClNO2. The molecule has 0 spiro atoms. The Kier molecular flexibility index (Phi) is 10.2. The second-order valence-corrected chi connectivity index (χ2v) is 11.0. The lowest BCUT2D eigenvalue weighted by Gasteiger charge is -2.35. The topological polar surface area (TPSA) is 50.1 Å². The highest BCUT2D eigenvalue weighted by Crippen LogP contribution is 2.46. The number of esters is 1. The number of hydrogen-bond acceptors (Lipinski definition) is 3. The SMILES string of the molecule is CCCCCCCC1(C#N)CCC(c2ccc(-c3ccc(OC(=O)C(Cl)C(C)C)cc3)cc2)CC1. The quantitative estimate of drug-likeness (QED) is 0.136. The predicted octanol–water partition coefficient (Wildman–Crippen LogP) is 9.05. The van der Waals surface area contributed by atoms with Gasteiger partial charge in [-0.05, 0) is 72.8 Å². The molecule has 3 nitrogen and oxygen atoms in total. The van der Waals surface area contributed by atoms with Crippen LogP contribution in [0.15, 0.2) is 48.5 Å². The van der Waals surface area contributed by atoms with E-state index in [1.165, 1.54) is 37.7 Å². The highest BCUT2D eigenvalue weighted by atomic mass is 35.5. The summed E-state index contributed by atoms with van der Waals surface area (Å²) in [4.78, 5) is 12.1. The van der Waals surface area contributed by atoms with Gasteiger partial charge >= 0.3 is 5.97 Å². The minimum atomic E-state index is -0.647. The Morgan fingerprint density at radius 2 is 1.57 bits per heavy atom. The molecule has 0 radical (unpaired) electrons. The van der Waals surface area contributed by atoms with E-state index < -0.39 is 11.3 Å². The number of benzene rings is 2. The second-order valence-electron chi connectivity index (χ2n) is 10.5. The summed E-state index contributed by atoms with van der Waals surface area (Å²) in [6.45, 7) is 6.04. The van der Waals surface area contributed by atoms with Crippen LogP contribution in [-0.2, 0) is 4.79 Å². The van der Waals surface area contributed by atoms with Crippen LogP contribution in [0.3, 0.4) is 0 Å². The number of alkyl halides is 1. The molecule has 4 heteroatoms. The molecule has 3 rings (SSSR count). The first kappa shape index (κ1) is 27.3. The van der Waals surface area contributed by atoms with E-state index >= 15 is 0 Å². The van der Waals surface area contributed by atoms with Gasteiger partial charge in [0.1, 0.15) is 11.1 Å². The van der Waals surface area contributed by atoms with Crippen LogP contribution < -0.4 is 4.74 Å². The number of unbranched alkanes of at least 4 members (excludes halogenated alkanes) is 4. The van der Waals surface area contributed by atoms with Crippen LogP contribution in [0.25, 0.3) is 11.1 Å². The van der Waals surface area contributed by atoms with Gasteiger partial charge in [0, 0.05) is 0 Å². The van der Waals surface area contributed by atoms with Crippen molar-refractivity contribution >= 4 is 17.6 Å². The maximum atomic E-state index is 12.1. The molecule has 0 heterocycles. The number of ether oxygens (including phenoxy) is 1. The number of halogens is 1. The van der Waals surface area contributed by atoms with Crippen molar-refractivity contribution < 1.29 is 9.53 Å². The predicted molar refractivity (Wildman–Crippen MR) is 145 cm³/mol. The molecule has 0 amide bonds. The number of nitrogens with zero attached hydrogens (tertiary/aromatic N) is 1. The smallest absolute Gasteiger partial charge is 0.329 e. The van der Waals surface area contributed by atoms with E-state index in [1.54, 1.807) is 0 Å². The van der Waals surface area contributed by atoms with E-state index in [-0.39, 0.29) is 11.3 Å². The average Bonchev–Trinajstić information content (AvgIpc) is 2.89. The summed E-state index contributed by atoms with van der Waals surface area (Å²) in [6.07, 6.45) is 11.6. The molecule has 2 aromatic rings. The third kappa shape index (κ3) is 7.58. The minimum Gasteiger partial charge on any atom is -0.425 e. The van der Waals surface area contributed by atoms with Crippen LogP contribution in [0.2, 0.25) is 0 Å². The summed E-state index contributed by atoms with van der Waals surface area (Å²) in [6, 6.07) is 19.1. The molecule has 1 fully saturated rings. The highest BCUT2D eigenvalue weighted by molar-refractivity contribution is 6.30. The molecule has 1 aliphatic carbocycles. The van der Waals surface area contributed by atoms with E-state index in [4.69, 9.17) is 16.3 Å². The lowest BCUT2D eigenvalue weighted by Crippen LogP contribution is -2.25. The zero-order chi connectivity index (χ0) is 25.3. The molecule has 0 N–H and O–H groups in total. The lowest BCUT2D eigenvalue weighted by molar-refractivity contribution is -0.134. The van der Waals surface area contributed by atoms with Crippen molar-refractivity contribution in [2.75, 3.05) is 0 Å². The van der Waals surface area contributed by atoms with E-state index in [0.717, 1.165) is 43.2 Å². The Morgan fingerprint density at radius 1 is 1.00 bits per heavy atom. The summed E-state index contributed by atoms with van der Waals surface area (Å²) in [5, 5.41) is 9.25. The largest absolute Gasteiger partial charge is 0.425 e. The summed E-state index contributed by atoms with van der Waals surface area (Å²) in [5.41, 5.74) is 3.48. The van der Waals surface area contributed by atoms with E-state index in [1.807, 2.05) is 38.1 Å². The fourth-order valence-electron chi connectivity index (χ4n) is 5.10. The van der Waals surface area contributed by atoms with Gasteiger partial charge in [-0.25, -0.2) is 0 Å². The Labute approximate surface area is 216 Å². The maximum absolute atomic E-state index is 12.1. The summed E-state index contributed by atoms with van der Waals surface area (Å²) in [7, 11) is 0. The molecule has 0 aliphatic heterocycles. The van der Waals surface area contributed by atoms with Crippen molar-refractivity contribution in [2.24, 2.45) is 11.3 Å². The van der Waals surface area contributed by atoms with Crippen molar-refractivity contribution in [3.63, 3.8) is 0 Å². The van der Waals surface area contributed by atoms with Crippen LogP contribution in [-0.4, -0.2) is 11.3 Å². The van der Waals surface area contributed by atoms with Crippen LogP contribution in [0.4, 0.5) is 0 Å². The van der Waals surface area contributed by atoms with E-state index in [9.17, 15) is 10.1 Å². The van der Waals surface area contributed by atoms with Crippen LogP contribution in [0.5, 0.6) is 5.75 Å². The third-order valence-corrected chi connectivity index (χ3v) is 8.22. The van der Waals surface area contributed by atoms with Gasteiger partial charge < -0.3 is 4.74 Å². The number of carbonyl (C=O) groups excluding carboxylic acids is 1. The Bertz CT molecular complexity index is 967. The van der Waals surface area contributed by atoms with Crippen molar-refractivity contribution in [3.8, 4) is 22.9 Å². The molecule has 2 aromatic carbocycles. The summed E-state index contributed by atoms with van der Waals surface area (Å²) < 4.78 is 5.40. The van der Waals surface area contributed by atoms with Gasteiger partial charge in [0.15, 0.2) is 0 Å². The van der Waals surface area contributed by atoms with Gasteiger partial charge in [-0.15, -0.1) is 11.6 Å². The Balaban J connectivity index is 1.54. The Morgan fingerprint density at radius 3 is 2.11 bits per heavy atom. The van der Waals surface area contributed by atoms with Crippen molar-refractivity contribution in [3.05, 3.63) is 54.1 Å². The normalized spacial score (nSPS) is 20.9. The van der Waals surface area contributed by atoms with Gasteiger partial charge in [-0.2, -0.15) is 5.26 Å². The first-order chi connectivity index (χ1) is 16.9. The first-order valence-corrected chi connectivity index (χ1v) is 13.8. The van der Waals surface area contributed by atoms with Gasteiger partial charge in [0.25, 0.3) is 0 Å². The lowest BCUT2D eigenvalue weighted by atomic mass is 9.67. The van der Waals surface area contributed by atoms with Crippen molar-refractivity contribution in [1.82, 2.24) is 0 Å². The first-order valence-electron chi connectivity index (χ1n) is 13.3. The number of carbonyl (C=O) groups is 1. The van der Waals surface area contributed by atoms with E-state index in [2.05, 4.69) is 37.3 Å². The summed E-state index contributed by atoms with van der Waals surface area (Å²) >= 11 is 6.09. The van der Waals surface area contributed by atoms with Crippen LogP contribution in [0, 0.1) is 22.7 Å². The maximum Gasteiger partial charge on any atom is 0.329 e. The monoisotopic (exact) mass is 493 g/mol. The Hall–Kier alpha value is -2.31. The van der Waals surface area contributed by atoms with Gasteiger partial charge in [-0.1, -0.05) is 89.3 Å². The van der Waals surface area contributed by atoms with Gasteiger partial charge in [0.2, 0.25) is 0 Å². The second kappa shape index (κ2) is 13.1. The third-order valence-electron chi connectivity index (χ3n) is 7.54. The minimum absolute atomic E-state index is 0.0259. The van der Waals surface area contributed by atoms with Crippen LogP contribution >= 0.6 is 11.6 Å². The van der Waals surface area contributed by atoms with Crippen molar-refractivity contribution in [2.45, 2.75) is 96.3 Å². The number of nitriles is 1. The van der Waals surface area contributed by atoms with Crippen molar-refractivity contribution in [1.29, 1.82) is 5.26 Å². The molecule has 1 unspecified atom stereocenters. The molecule has 0 aromatic heterocycles.